The second kappa shape index (κ2) is 8.89. The molecule has 3 amide bonds. The molecule has 38 heavy (non-hydrogen) atoms. The van der Waals surface area contributed by atoms with Crippen LogP contribution in [-0.4, -0.2) is 29.1 Å². The molecule has 3 heterocycles. The van der Waals surface area contributed by atoms with Gasteiger partial charge in [-0.2, -0.15) is 13.2 Å². The number of nitrogens with zero attached hydrogens (tertiary/aromatic N) is 1. The number of fused-ring (bicyclic) bond motifs is 4. The Labute approximate surface area is 213 Å². The van der Waals surface area contributed by atoms with Crippen LogP contribution < -0.4 is 25.4 Å². The molecule has 3 aromatic rings. The summed E-state index contributed by atoms with van der Waals surface area (Å²) in [6.45, 7) is -0.421. The van der Waals surface area contributed by atoms with Gasteiger partial charge in [-0.05, 0) is 48.4 Å². The number of urea groups is 1. The number of nitrogens with one attached hydrogen (secondary N) is 3. The van der Waals surface area contributed by atoms with Crippen molar-refractivity contribution in [3.8, 4) is 17.2 Å². The molecular weight excluding hydrogens is 508 g/mol. The fraction of sp³-hybridized carbons (Fsp3) is 0.269. The van der Waals surface area contributed by atoms with Crippen LogP contribution in [0.2, 0.25) is 0 Å². The highest BCUT2D eigenvalue weighted by molar-refractivity contribution is 5.93. The number of anilines is 1. The Bertz CT molecular complexity index is 1460. The van der Waals surface area contributed by atoms with E-state index in [2.05, 4.69) is 20.9 Å². The van der Waals surface area contributed by atoms with Crippen molar-refractivity contribution in [2.45, 2.75) is 43.6 Å². The minimum absolute atomic E-state index is 0.0994. The van der Waals surface area contributed by atoms with Gasteiger partial charge in [-0.3, -0.25) is 4.79 Å². The summed E-state index contributed by atoms with van der Waals surface area (Å²) in [4.78, 5) is 28.3. The molecule has 8 nitrogen and oxygen atoms in total. The first-order valence-corrected chi connectivity index (χ1v) is 11.8. The van der Waals surface area contributed by atoms with Crippen molar-refractivity contribution >= 4 is 17.8 Å². The molecule has 0 spiro atoms. The van der Waals surface area contributed by atoms with Gasteiger partial charge in [-0.25, -0.2) is 14.2 Å². The second-order valence-electron chi connectivity index (χ2n) is 9.25. The molecule has 12 heteroatoms. The quantitative estimate of drug-likeness (QED) is 0.419. The first-order chi connectivity index (χ1) is 18.2. The lowest BCUT2D eigenvalue weighted by Gasteiger charge is -2.19. The van der Waals surface area contributed by atoms with Crippen LogP contribution in [0.15, 0.2) is 48.7 Å². The monoisotopic (exact) mass is 528 g/mol. The number of carbonyl (C=O) groups excluding carboxylic acids is 2. The molecule has 6 rings (SSSR count). The van der Waals surface area contributed by atoms with Crippen LogP contribution in [0.3, 0.4) is 0 Å². The largest absolute Gasteiger partial charge is 0.487 e. The number of carbonyl (C=O) groups is 2. The first kappa shape index (κ1) is 24.0. The minimum atomic E-state index is -4.75. The summed E-state index contributed by atoms with van der Waals surface area (Å²) in [6.07, 6.45) is -2.65. The van der Waals surface area contributed by atoms with Crippen molar-refractivity contribution < 1.29 is 36.6 Å². The van der Waals surface area contributed by atoms with Crippen molar-refractivity contribution in [3.63, 3.8) is 0 Å². The van der Waals surface area contributed by atoms with Gasteiger partial charge < -0.3 is 25.4 Å². The fourth-order valence-electron chi connectivity index (χ4n) is 4.90. The van der Waals surface area contributed by atoms with Crippen molar-refractivity contribution in [3.05, 3.63) is 76.7 Å². The zero-order chi connectivity index (χ0) is 26.6. The second-order valence-corrected chi connectivity index (χ2v) is 9.25. The molecule has 3 atom stereocenters. The van der Waals surface area contributed by atoms with Crippen molar-refractivity contribution in [2.75, 3.05) is 5.32 Å². The van der Waals surface area contributed by atoms with Gasteiger partial charge in [0.05, 0.1) is 17.5 Å². The third kappa shape index (κ3) is 4.46. The number of ether oxygens (including phenoxy) is 2. The van der Waals surface area contributed by atoms with E-state index in [1.807, 2.05) is 6.07 Å². The van der Waals surface area contributed by atoms with Crippen molar-refractivity contribution in [2.24, 2.45) is 0 Å². The lowest BCUT2D eigenvalue weighted by molar-refractivity contribution is -0.138. The standard InChI is InChI=1S/C26H20F4N4O4/c27-13-2-1-12(17(9-13)26(28,29)30)11-32-25(36)34-22-21-16-10-14(3-5-18(16)38-23(21)22)37-19-7-8-31-24-15(19)4-6-20(35)33-24/h1-3,5,7-10,21-23H,4,6,11H2,(H,31,33,35)(H2,32,34,36)/t21-,22-,23-/m0/s1. The molecule has 2 aromatic carbocycles. The zero-order valence-electron chi connectivity index (χ0n) is 19.6. The molecule has 3 N–H and O–H groups in total. The smallest absolute Gasteiger partial charge is 0.416 e. The van der Waals surface area contributed by atoms with Crippen LogP contribution in [0.25, 0.3) is 0 Å². The van der Waals surface area contributed by atoms with Gasteiger partial charge in [0, 0.05) is 30.3 Å². The molecule has 0 bridgehead atoms. The maximum absolute atomic E-state index is 13.3. The Morgan fingerprint density at radius 2 is 2.00 bits per heavy atom. The van der Waals surface area contributed by atoms with Gasteiger partial charge in [0.2, 0.25) is 5.91 Å². The molecule has 3 aliphatic rings. The van der Waals surface area contributed by atoms with E-state index in [1.54, 1.807) is 24.4 Å². The van der Waals surface area contributed by atoms with Gasteiger partial charge in [0.15, 0.2) is 0 Å². The SMILES string of the molecule is O=C1CCc2c(Oc3ccc4c(c3)[C@H]3[C@H](NC(=O)NCc5ccc(F)cc5C(F)(F)F)[C@H]3O4)ccnc2N1. The molecule has 0 unspecified atom stereocenters. The summed E-state index contributed by atoms with van der Waals surface area (Å²) >= 11 is 0. The molecule has 1 fully saturated rings. The van der Waals surface area contributed by atoms with Crippen LogP contribution in [0, 0.1) is 5.82 Å². The zero-order valence-corrected chi connectivity index (χ0v) is 19.6. The maximum atomic E-state index is 13.3. The molecule has 196 valence electrons. The number of hydrogen-bond donors (Lipinski definition) is 3. The van der Waals surface area contributed by atoms with Crippen LogP contribution in [0.5, 0.6) is 17.2 Å². The Hall–Kier alpha value is -4.35. The van der Waals surface area contributed by atoms with E-state index in [0.717, 1.165) is 23.3 Å². The number of rotatable bonds is 5. The Balaban J connectivity index is 1.10. The van der Waals surface area contributed by atoms with Crippen molar-refractivity contribution in [1.82, 2.24) is 15.6 Å². The van der Waals surface area contributed by atoms with Gasteiger partial charge >= 0.3 is 12.2 Å². The predicted octanol–water partition coefficient (Wildman–Crippen LogP) is 4.64. The third-order valence-corrected chi connectivity index (χ3v) is 6.77. The van der Waals surface area contributed by atoms with Crippen LogP contribution in [-0.2, 0) is 23.9 Å². The van der Waals surface area contributed by atoms with Crippen LogP contribution >= 0.6 is 0 Å². The average Bonchev–Trinajstić information content (AvgIpc) is 3.38. The van der Waals surface area contributed by atoms with Crippen LogP contribution in [0.1, 0.15) is 34.6 Å². The van der Waals surface area contributed by atoms with E-state index < -0.39 is 30.1 Å². The minimum Gasteiger partial charge on any atom is -0.487 e. The lowest BCUT2D eigenvalue weighted by atomic mass is 10.1. The Morgan fingerprint density at radius 3 is 2.82 bits per heavy atom. The van der Waals surface area contributed by atoms with E-state index in [4.69, 9.17) is 9.47 Å². The third-order valence-electron chi connectivity index (χ3n) is 6.77. The number of pyridine rings is 1. The number of benzene rings is 2. The van der Waals surface area contributed by atoms with E-state index in [-0.39, 0.29) is 29.5 Å². The molecule has 1 aliphatic carbocycles. The topological polar surface area (TPSA) is 102 Å². The normalized spacial score (nSPS) is 20.8. The van der Waals surface area contributed by atoms with Crippen LogP contribution in [0.4, 0.5) is 28.2 Å². The summed E-state index contributed by atoms with van der Waals surface area (Å²) in [5.41, 5.74) is 0.265. The number of halogens is 4. The summed E-state index contributed by atoms with van der Waals surface area (Å²) < 4.78 is 64.9. The van der Waals surface area contributed by atoms with Crippen molar-refractivity contribution in [1.29, 1.82) is 0 Å². The number of amides is 3. The lowest BCUT2D eigenvalue weighted by Crippen LogP contribution is -2.39. The van der Waals surface area contributed by atoms with E-state index in [0.29, 0.717) is 42.0 Å². The molecule has 0 radical (unpaired) electrons. The summed E-state index contributed by atoms with van der Waals surface area (Å²) in [5, 5.41) is 7.86. The number of aromatic nitrogens is 1. The van der Waals surface area contributed by atoms with E-state index in [9.17, 15) is 27.2 Å². The molecule has 1 aromatic heterocycles. The highest BCUT2D eigenvalue weighted by Gasteiger charge is 2.59. The summed E-state index contributed by atoms with van der Waals surface area (Å²) in [5.74, 6) is 1.02. The summed E-state index contributed by atoms with van der Waals surface area (Å²) in [7, 11) is 0. The fourth-order valence-corrected chi connectivity index (χ4v) is 4.90. The van der Waals surface area contributed by atoms with Gasteiger partial charge in [-0.15, -0.1) is 0 Å². The molecule has 2 aliphatic heterocycles. The van der Waals surface area contributed by atoms with Gasteiger partial charge in [-0.1, -0.05) is 6.07 Å². The predicted molar refractivity (Wildman–Crippen MR) is 125 cm³/mol. The van der Waals surface area contributed by atoms with Gasteiger partial charge in [0.25, 0.3) is 0 Å². The Morgan fingerprint density at radius 1 is 1.16 bits per heavy atom. The Kier molecular flexibility index (Phi) is 5.62. The molecule has 0 saturated heterocycles. The van der Waals surface area contributed by atoms with Gasteiger partial charge in [0.1, 0.15) is 35.0 Å². The summed E-state index contributed by atoms with van der Waals surface area (Å²) in [6, 6.07) is 8.37. The molecular formula is C26H20F4N4O4. The molecule has 1 saturated carbocycles. The average molecular weight is 528 g/mol. The maximum Gasteiger partial charge on any atom is 0.416 e. The number of alkyl halides is 3. The number of hydrogen-bond acceptors (Lipinski definition) is 5. The first-order valence-electron chi connectivity index (χ1n) is 11.8. The highest BCUT2D eigenvalue weighted by Crippen LogP contribution is 2.54. The van der Waals surface area contributed by atoms with E-state index >= 15 is 0 Å². The van der Waals surface area contributed by atoms with E-state index in [1.165, 1.54) is 0 Å². The highest BCUT2D eigenvalue weighted by atomic mass is 19.4.